The summed E-state index contributed by atoms with van der Waals surface area (Å²) in [4.78, 5) is 22.5. The SMILES string of the molecule is CCOC(=O)C(/C=C/c1cccc([N+](=O)[O-])c1)=C/c1ccccc1. The molecule has 0 unspecified atom stereocenters. The number of esters is 1. The Kier molecular flexibility index (Phi) is 6.02. The van der Waals surface area contributed by atoms with Crippen LogP contribution in [0.25, 0.3) is 12.2 Å². The van der Waals surface area contributed by atoms with E-state index in [0.717, 1.165) is 5.56 Å². The number of nitro benzene ring substituents is 1. The van der Waals surface area contributed by atoms with Gasteiger partial charge in [0, 0.05) is 12.1 Å². The summed E-state index contributed by atoms with van der Waals surface area (Å²) in [6.07, 6.45) is 4.97. The van der Waals surface area contributed by atoms with E-state index in [1.165, 1.54) is 12.1 Å². The van der Waals surface area contributed by atoms with Crippen molar-refractivity contribution in [3.05, 3.63) is 87.5 Å². The third-order valence-electron chi connectivity index (χ3n) is 3.17. The van der Waals surface area contributed by atoms with Gasteiger partial charge in [-0.1, -0.05) is 48.5 Å². The van der Waals surface area contributed by atoms with E-state index in [4.69, 9.17) is 4.74 Å². The minimum Gasteiger partial charge on any atom is -0.462 e. The van der Waals surface area contributed by atoms with Crippen molar-refractivity contribution in [2.24, 2.45) is 0 Å². The number of hydrogen-bond acceptors (Lipinski definition) is 4. The molecule has 5 nitrogen and oxygen atoms in total. The number of carbonyl (C=O) groups is 1. The maximum atomic E-state index is 12.1. The van der Waals surface area contributed by atoms with Crippen LogP contribution in [0.1, 0.15) is 18.1 Å². The first-order valence-electron chi connectivity index (χ1n) is 7.46. The molecule has 0 bridgehead atoms. The zero-order valence-corrected chi connectivity index (χ0v) is 13.2. The Bertz CT molecular complexity index is 779. The van der Waals surface area contributed by atoms with Crippen molar-refractivity contribution in [3.63, 3.8) is 0 Å². The highest BCUT2D eigenvalue weighted by atomic mass is 16.6. The first kappa shape index (κ1) is 17.1. The Balaban J connectivity index is 2.31. The zero-order valence-electron chi connectivity index (χ0n) is 13.2. The molecule has 24 heavy (non-hydrogen) atoms. The number of nitrogens with zero attached hydrogens (tertiary/aromatic N) is 1. The van der Waals surface area contributed by atoms with Gasteiger partial charge in [-0.15, -0.1) is 0 Å². The van der Waals surface area contributed by atoms with E-state index in [9.17, 15) is 14.9 Å². The molecule has 0 atom stereocenters. The van der Waals surface area contributed by atoms with Crippen LogP contribution in [0.3, 0.4) is 0 Å². The van der Waals surface area contributed by atoms with Gasteiger partial charge in [-0.2, -0.15) is 0 Å². The van der Waals surface area contributed by atoms with Crippen molar-refractivity contribution in [3.8, 4) is 0 Å². The molecule has 0 saturated heterocycles. The van der Waals surface area contributed by atoms with Gasteiger partial charge in [0.2, 0.25) is 0 Å². The van der Waals surface area contributed by atoms with Crippen molar-refractivity contribution in [1.82, 2.24) is 0 Å². The fourth-order valence-corrected chi connectivity index (χ4v) is 2.05. The van der Waals surface area contributed by atoms with E-state index in [-0.39, 0.29) is 12.3 Å². The summed E-state index contributed by atoms with van der Waals surface area (Å²) in [6, 6.07) is 15.6. The Morgan fingerprint density at radius 3 is 2.50 bits per heavy atom. The van der Waals surface area contributed by atoms with Crippen LogP contribution in [-0.2, 0) is 9.53 Å². The molecule has 2 rings (SSSR count). The van der Waals surface area contributed by atoms with Gasteiger partial charge in [0.15, 0.2) is 0 Å². The van der Waals surface area contributed by atoms with Gasteiger partial charge in [0.1, 0.15) is 0 Å². The monoisotopic (exact) mass is 323 g/mol. The van der Waals surface area contributed by atoms with Crippen LogP contribution >= 0.6 is 0 Å². The van der Waals surface area contributed by atoms with Crippen LogP contribution in [0.5, 0.6) is 0 Å². The van der Waals surface area contributed by atoms with Gasteiger partial charge in [0.25, 0.3) is 5.69 Å². The molecular weight excluding hydrogens is 306 g/mol. The highest BCUT2D eigenvalue weighted by Gasteiger charge is 2.08. The van der Waals surface area contributed by atoms with Crippen molar-refractivity contribution < 1.29 is 14.5 Å². The first-order chi connectivity index (χ1) is 11.6. The molecule has 0 aliphatic carbocycles. The lowest BCUT2D eigenvalue weighted by Crippen LogP contribution is -2.05. The Labute approximate surface area is 140 Å². The minimum atomic E-state index is -0.455. The molecule has 0 heterocycles. The van der Waals surface area contributed by atoms with Crippen molar-refractivity contribution >= 4 is 23.8 Å². The van der Waals surface area contributed by atoms with E-state index in [1.807, 2.05) is 30.3 Å². The lowest BCUT2D eigenvalue weighted by Gasteiger charge is -2.03. The first-order valence-corrected chi connectivity index (χ1v) is 7.46. The molecule has 5 heteroatoms. The fraction of sp³-hybridized carbons (Fsp3) is 0.105. The molecule has 0 aromatic heterocycles. The number of ether oxygens (including phenoxy) is 1. The topological polar surface area (TPSA) is 69.4 Å². The van der Waals surface area contributed by atoms with Gasteiger partial charge in [-0.05, 0) is 30.2 Å². The fourth-order valence-electron chi connectivity index (χ4n) is 2.05. The molecule has 0 N–H and O–H groups in total. The van der Waals surface area contributed by atoms with Crippen molar-refractivity contribution in [1.29, 1.82) is 0 Å². The van der Waals surface area contributed by atoms with Crippen LogP contribution in [-0.4, -0.2) is 17.5 Å². The van der Waals surface area contributed by atoms with E-state index in [2.05, 4.69) is 0 Å². The van der Waals surface area contributed by atoms with Crippen molar-refractivity contribution in [2.75, 3.05) is 6.61 Å². The highest BCUT2D eigenvalue weighted by Crippen LogP contribution is 2.16. The smallest absolute Gasteiger partial charge is 0.338 e. The van der Waals surface area contributed by atoms with E-state index in [1.54, 1.807) is 37.3 Å². The van der Waals surface area contributed by atoms with Crippen LogP contribution in [0.4, 0.5) is 5.69 Å². The highest BCUT2D eigenvalue weighted by molar-refractivity contribution is 5.97. The molecule has 122 valence electrons. The summed E-state index contributed by atoms with van der Waals surface area (Å²) in [5, 5.41) is 10.8. The lowest BCUT2D eigenvalue weighted by atomic mass is 10.1. The summed E-state index contributed by atoms with van der Waals surface area (Å²) >= 11 is 0. The average Bonchev–Trinajstić information content (AvgIpc) is 2.60. The van der Waals surface area contributed by atoms with Crippen LogP contribution in [0.15, 0.2) is 66.2 Å². The maximum absolute atomic E-state index is 12.1. The van der Waals surface area contributed by atoms with Crippen LogP contribution < -0.4 is 0 Å². The largest absolute Gasteiger partial charge is 0.462 e. The molecule has 2 aromatic rings. The number of rotatable bonds is 6. The molecule has 0 spiro atoms. The minimum absolute atomic E-state index is 0.00173. The second-order valence-corrected chi connectivity index (χ2v) is 4.92. The van der Waals surface area contributed by atoms with E-state index in [0.29, 0.717) is 11.1 Å². The molecule has 0 saturated carbocycles. The molecule has 0 amide bonds. The summed E-state index contributed by atoms with van der Waals surface area (Å²) in [7, 11) is 0. The predicted molar refractivity (Wildman–Crippen MR) is 93.2 cm³/mol. The van der Waals surface area contributed by atoms with Gasteiger partial charge in [-0.3, -0.25) is 10.1 Å². The van der Waals surface area contributed by atoms with Gasteiger partial charge in [-0.25, -0.2) is 4.79 Å². The third-order valence-corrected chi connectivity index (χ3v) is 3.17. The maximum Gasteiger partial charge on any atom is 0.338 e. The second kappa shape index (κ2) is 8.43. The van der Waals surface area contributed by atoms with E-state index >= 15 is 0 Å². The second-order valence-electron chi connectivity index (χ2n) is 4.92. The number of nitro groups is 1. The number of benzene rings is 2. The van der Waals surface area contributed by atoms with Crippen LogP contribution in [0.2, 0.25) is 0 Å². The summed E-state index contributed by atoms with van der Waals surface area (Å²) in [5.74, 6) is -0.442. The standard InChI is InChI=1S/C19H17NO4/c1-2-24-19(21)17(13-15-7-4-3-5-8-15)12-11-16-9-6-10-18(14-16)20(22)23/h3-14H,2H2,1H3/b12-11+,17-13+. The third kappa shape index (κ3) is 4.91. The van der Waals surface area contributed by atoms with Crippen LogP contribution in [0, 0.1) is 10.1 Å². The number of carbonyl (C=O) groups excluding carboxylic acids is 1. The summed E-state index contributed by atoms with van der Waals surface area (Å²) in [5.41, 5.74) is 1.87. The summed E-state index contributed by atoms with van der Waals surface area (Å²) < 4.78 is 5.06. The predicted octanol–water partition coefficient (Wildman–Crippen LogP) is 4.25. The van der Waals surface area contributed by atoms with Crippen molar-refractivity contribution in [2.45, 2.75) is 6.92 Å². The number of non-ortho nitro benzene ring substituents is 1. The molecule has 0 aliphatic rings. The lowest BCUT2D eigenvalue weighted by molar-refractivity contribution is -0.384. The zero-order chi connectivity index (χ0) is 17.4. The van der Waals surface area contributed by atoms with Gasteiger partial charge >= 0.3 is 5.97 Å². The van der Waals surface area contributed by atoms with Gasteiger partial charge in [0.05, 0.1) is 17.1 Å². The molecule has 2 aromatic carbocycles. The Morgan fingerprint density at radius 2 is 1.83 bits per heavy atom. The normalized spacial score (nSPS) is 11.5. The number of hydrogen-bond donors (Lipinski definition) is 0. The van der Waals surface area contributed by atoms with E-state index < -0.39 is 10.9 Å². The molecule has 0 fully saturated rings. The summed E-state index contributed by atoms with van der Waals surface area (Å²) in [6.45, 7) is 2.01. The molecule has 0 radical (unpaired) electrons. The molecular formula is C19H17NO4. The Morgan fingerprint density at radius 1 is 1.12 bits per heavy atom. The average molecular weight is 323 g/mol. The van der Waals surface area contributed by atoms with Gasteiger partial charge < -0.3 is 4.74 Å². The quantitative estimate of drug-likeness (QED) is 0.262. The molecule has 0 aliphatic heterocycles. The Hall–Kier alpha value is -3.21.